The molecule has 3 aromatic carbocycles. The molecule has 0 radical (unpaired) electrons. The summed E-state index contributed by atoms with van der Waals surface area (Å²) in [6.07, 6.45) is 6.04. The molecule has 1 unspecified atom stereocenters. The van der Waals surface area contributed by atoms with E-state index in [1.165, 1.54) is 30.6 Å². The Morgan fingerprint density at radius 2 is 1.80 bits per heavy atom. The van der Waals surface area contributed by atoms with Crippen LogP contribution in [-0.2, 0) is 28.8 Å². The Balaban J connectivity index is 0.000000210. The highest BCUT2D eigenvalue weighted by Gasteiger charge is 2.22. The molecule has 1 aliphatic carbocycles. The van der Waals surface area contributed by atoms with Gasteiger partial charge in [0, 0.05) is 30.0 Å². The minimum absolute atomic E-state index is 0.0321. The summed E-state index contributed by atoms with van der Waals surface area (Å²) < 4.78 is 29.9. The van der Waals surface area contributed by atoms with Gasteiger partial charge in [0.1, 0.15) is 29.0 Å². The van der Waals surface area contributed by atoms with Crippen molar-refractivity contribution < 1.29 is 33.3 Å². The number of esters is 1. The molecule has 1 aromatic heterocycles. The monoisotopic (exact) mass is 548 g/mol. The van der Waals surface area contributed by atoms with E-state index < -0.39 is 0 Å². The predicted octanol–water partition coefficient (Wildman–Crippen LogP) is 6.99. The van der Waals surface area contributed by atoms with Crippen molar-refractivity contribution in [3.63, 3.8) is 0 Å². The van der Waals surface area contributed by atoms with E-state index in [0.29, 0.717) is 12.0 Å². The smallest absolute Gasteiger partial charge is 0.310 e. The number of aryl methyl sites for hydroxylation is 2. The van der Waals surface area contributed by atoms with Crippen LogP contribution in [0.5, 0.6) is 11.5 Å². The third-order valence-electron chi connectivity index (χ3n) is 7.41. The molecule has 0 fully saturated rings. The number of hydrogen-bond donors (Lipinski definition) is 2. The Labute approximate surface area is 234 Å². The quantitative estimate of drug-likeness (QED) is 0.231. The number of ether oxygens (including phenoxy) is 2. The minimum atomic E-state index is -0.314. The number of phenolic OH excluding ortho intramolecular Hbond substituents is 1. The van der Waals surface area contributed by atoms with Crippen LogP contribution in [-0.4, -0.2) is 36.0 Å². The number of aliphatic hydroxyl groups is 1. The number of carbonyl (C=O) groups excluding carboxylic acids is 1. The Morgan fingerprint density at radius 1 is 1.07 bits per heavy atom. The standard InChI is InChI=1S/C22H27FO2.C11H10O4/c1-4-16(10-11-24)25-17-12-14(2)22(15(3)13-17)20-8-9-21(23)19-7-5-6-18(19)20;1-14-11(13)4-7-6-15-10-5-8(12)2-3-9(7)10/h8-9,12-13,16,24H,4-7,10-11H2,1-3H3;2-3,5-6,12H,4H2,1H3. The third kappa shape index (κ3) is 6.48. The summed E-state index contributed by atoms with van der Waals surface area (Å²) in [5, 5.41) is 19.2. The van der Waals surface area contributed by atoms with Gasteiger partial charge in [0.15, 0.2) is 0 Å². The highest BCUT2D eigenvalue weighted by atomic mass is 19.1. The highest BCUT2D eigenvalue weighted by molar-refractivity contribution is 5.86. The van der Waals surface area contributed by atoms with E-state index in [1.54, 1.807) is 18.2 Å². The minimum Gasteiger partial charge on any atom is -0.508 e. The summed E-state index contributed by atoms with van der Waals surface area (Å²) >= 11 is 0. The fraction of sp³-hybridized carbons (Fsp3) is 0.364. The first-order valence-corrected chi connectivity index (χ1v) is 13.7. The van der Waals surface area contributed by atoms with E-state index in [-0.39, 0.29) is 36.7 Å². The van der Waals surface area contributed by atoms with Crippen molar-refractivity contribution in [3.05, 3.63) is 82.4 Å². The first-order chi connectivity index (χ1) is 19.2. The average Bonchev–Trinajstić information content (AvgIpc) is 3.57. The van der Waals surface area contributed by atoms with Crippen molar-refractivity contribution in [1.29, 1.82) is 0 Å². The van der Waals surface area contributed by atoms with E-state index in [2.05, 4.69) is 37.6 Å². The van der Waals surface area contributed by atoms with Crippen LogP contribution in [0.4, 0.5) is 4.39 Å². The molecule has 0 saturated heterocycles. The van der Waals surface area contributed by atoms with Gasteiger partial charge in [-0.15, -0.1) is 0 Å². The van der Waals surface area contributed by atoms with Crippen LogP contribution >= 0.6 is 0 Å². The molecule has 40 heavy (non-hydrogen) atoms. The number of benzene rings is 3. The van der Waals surface area contributed by atoms with Gasteiger partial charge in [0.25, 0.3) is 0 Å². The van der Waals surface area contributed by atoms with Gasteiger partial charge in [-0.3, -0.25) is 4.79 Å². The van der Waals surface area contributed by atoms with Gasteiger partial charge in [-0.2, -0.15) is 0 Å². The molecule has 5 rings (SSSR count). The van der Waals surface area contributed by atoms with Gasteiger partial charge in [-0.05, 0) is 103 Å². The number of phenols is 1. The lowest BCUT2D eigenvalue weighted by molar-refractivity contribution is -0.139. The van der Waals surface area contributed by atoms with Gasteiger partial charge >= 0.3 is 5.97 Å². The molecule has 6 nitrogen and oxygen atoms in total. The molecule has 212 valence electrons. The Kier molecular flexibility index (Phi) is 9.48. The lowest BCUT2D eigenvalue weighted by Gasteiger charge is -2.20. The fourth-order valence-corrected chi connectivity index (χ4v) is 5.43. The first-order valence-electron chi connectivity index (χ1n) is 13.7. The Bertz CT molecular complexity index is 1470. The zero-order valence-corrected chi connectivity index (χ0v) is 23.6. The van der Waals surface area contributed by atoms with Crippen LogP contribution in [0, 0.1) is 19.7 Å². The van der Waals surface area contributed by atoms with E-state index in [0.717, 1.165) is 64.6 Å². The zero-order chi connectivity index (χ0) is 28.8. The molecular weight excluding hydrogens is 511 g/mol. The van der Waals surface area contributed by atoms with Gasteiger partial charge in [0.2, 0.25) is 0 Å². The van der Waals surface area contributed by atoms with Crippen molar-refractivity contribution in [2.24, 2.45) is 0 Å². The van der Waals surface area contributed by atoms with E-state index in [9.17, 15) is 14.3 Å². The number of hydrogen-bond acceptors (Lipinski definition) is 6. The molecule has 7 heteroatoms. The molecule has 0 aliphatic heterocycles. The zero-order valence-electron chi connectivity index (χ0n) is 23.6. The largest absolute Gasteiger partial charge is 0.508 e. The SMILES string of the molecule is CCC(CCO)Oc1cc(C)c(-c2ccc(F)c3c2CCC3)c(C)c1.COC(=O)Cc1coc2cc(O)ccc12. The van der Waals surface area contributed by atoms with Crippen LogP contribution in [0.3, 0.4) is 0 Å². The van der Waals surface area contributed by atoms with Crippen molar-refractivity contribution in [3.8, 4) is 22.6 Å². The maximum atomic E-state index is 14.1. The number of rotatable bonds is 8. The van der Waals surface area contributed by atoms with Crippen LogP contribution in [0.15, 0.2) is 53.1 Å². The molecule has 2 N–H and O–H groups in total. The van der Waals surface area contributed by atoms with Gasteiger partial charge in [-0.25, -0.2) is 4.39 Å². The second-order valence-corrected chi connectivity index (χ2v) is 10.2. The average molecular weight is 549 g/mol. The highest BCUT2D eigenvalue weighted by Crippen LogP contribution is 2.38. The number of aromatic hydroxyl groups is 1. The second-order valence-electron chi connectivity index (χ2n) is 10.2. The number of fused-ring (bicyclic) bond motifs is 2. The number of methoxy groups -OCH3 is 1. The third-order valence-corrected chi connectivity index (χ3v) is 7.41. The van der Waals surface area contributed by atoms with Crippen LogP contribution in [0.25, 0.3) is 22.1 Å². The van der Waals surface area contributed by atoms with Crippen molar-refractivity contribution in [2.75, 3.05) is 13.7 Å². The van der Waals surface area contributed by atoms with E-state index in [4.69, 9.17) is 14.3 Å². The molecule has 0 bridgehead atoms. The van der Waals surface area contributed by atoms with Crippen molar-refractivity contribution in [2.45, 2.75) is 65.4 Å². The lowest BCUT2D eigenvalue weighted by atomic mass is 9.90. The second kappa shape index (κ2) is 13.0. The molecule has 0 amide bonds. The normalized spacial score (nSPS) is 12.9. The number of aliphatic hydroxyl groups excluding tert-OH is 1. The first kappa shape index (κ1) is 29.2. The Morgan fingerprint density at radius 3 is 2.48 bits per heavy atom. The molecule has 4 aromatic rings. The lowest BCUT2D eigenvalue weighted by Crippen LogP contribution is -2.17. The molecule has 1 atom stereocenters. The number of halogens is 1. The van der Waals surface area contributed by atoms with Crippen molar-refractivity contribution in [1.82, 2.24) is 0 Å². The van der Waals surface area contributed by atoms with Crippen LogP contribution in [0.1, 0.15) is 54.0 Å². The topological polar surface area (TPSA) is 89.1 Å². The van der Waals surface area contributed by atoms with E-state index >= 15 is 0 Å². The summed E-state index contributed by atoms with van der Waals surface area (Å²) in [4.78, 5) is 11.1. The van der Waals surface area contributed by atoms with Gasteiger partial charge in [-0.1, -0.05) is 13.0 Å². The predicted molar refractivity (Wildman–Crippen MR) is 153 cm³/mol. The van der Waals surface area contributed by atoms with Gasteiger partial charge < -0.3 is 24.1 Å². The summed E-state index contributed by atoms with van der Waals surface area (Å²) in [6, 6.07) is 12.4. The summed E-state index contributed by atoms with van der Waals surface area (Å²) in [5.74, 6) is 0.603. The molecule has 1 heterocycles. The molecule has 0 spiro atoms. The Hall–Kier alpha value is -3.84. The number of furan rings is 1. The van der Waals surface area contributed by atoms with Gasteiger partial charge in [0.05, 0.1) is 19.8 Å². The summed E-state index contributed by atoms with van der Waals surface area (Å²) in [7, 11) is 1.34. The molecular formula is C33H37FO6. The maximum absolute atomic E-state index is 14.1. The molecule has 0 saturated carbocycles. The fourth-order valence-electron chi connectivity index (χ4n) is 5.43. The van der Waals surface area contributed by atoms with Crippen molar-refractivity contribution >= 4 is 16.9 Å². The van der Waals surface area contributed by atoms with Crippen LogP contribution < -0.4 is 4.74 Å². The maximum Gasteiger partial charge on any atom is 0.310 e. The number of carbonyl (C=O) groups is 1. The van der Waals surface area contributed by atoms with E-state index in [1.807, 2.05) is 6.07 Å². The summed E-state index contributed by atoms with van der Waals surface area (Å²) in [6.45, 7) is 6.38. The molecule has 1 aliphatic rings. The van der Waals surface area contributed by atoms with Crippen LogP contribution in [0.2, 0.25) is 0 Å². The summed E-state index contributed by atoms with van der Waals surface area (Å²) in [5.41, 5.74) is 8.05.